The lowest BCUT2D eigenvalue weighted by atomic mass is 10.1. The number of ether oxygens (including phenoxy) is 5. The highest BCUT2D eigenvalue weighted by Crippen LogP contribution is 2.38. The van der Waals surface area contributed by atoms with Gasteiger partial charge in [0.1, 0.15) is 51.9 Å². The van der Waals surface area contributed by atoms with Gasteiger partial charge in [0.15, 0.2) is 11.6 Å². The maximum atomic E-state index is 14.7. The number of morpholine rings is 3. The highest BCUT2D eigenvalue weighted by molar-refractivity contribution is 6.35. The van der Waals surface area contributed by atoms with Crippen LogP contribution in [0.5, 0.6) is 0 Å². The Kier molecular flexibility index (Phi) is 26.5. The van der Waals surface area contributed by atoms with E-state index in [0.717, 1.165) is 85.1 Å². The molecule has 33 heteroatoms. The Labute approximate surface area is 630 Å². The number of rotatable bonds is 8. The van der Waals surface area contributed by atoms with Gasteiger partial charge in [-0.15, -0.1) is 0 Å². The predicted molar refractivity (Wildman–Crippen MR) is 379 cm³/mol. The molecule has 2 N–H and O–H groups in total. The Morgan fingerprint density at radius 2 is 0.858 bits per heavy atom. The van der Waals surface area contributed by atoms with Gasteiger partial charge in [0, 0.05) is 69.9 Å². The fraction of sp³-hybridized carbons (Fsp3) is 0.356. The summed E-state index contributed by atoms with van der Waals surface area (Å²) in [6.45, 7) is 18.6. The van der Waals surface area contributed by atoms with Crippen LogP contribution in [0, 0.1) is 34.9 Å². The molecule has 6 aromatic heterocycles. The Balaban J connectivity index is 0.000000185. The van der Waals surface area contributed by atoms with Crippen molar-refractivity contribution in [3.8, 4) is 45.1 Å². The number of fused-ring (bicyclic) bond motifs is 3. The first-order valence-electron chi connectivity index (χ1n) is 32.4. The lowest BCUT2D eigenvalue weighted by molar-refractivity contribution is -0.000157. The highest BCUT2D eigenvalue weighted by atomic mass is 127. The van der Waals surface area contributed by atoms with Crippen molar-refractivity contribution in [3.63, 3.8) is 0 Å². The van der Waals surface area contributed by atoms with Crippen LogP contribution in [0.3, 0.4) is 0 Å². The highest BCUT2D eigenvalue weighted by Gasteiger charge is 2.41. The zero-order valence-corrected chi connectivity index (χ0v) is 59.3. The van der Waals surface area contributed by atoms with Gasteiger partial charge in [0.05, 0.1) is 149 Å². The third-order valence-electron chi connectivity index (χ3n) is 16.4. The largest absolute Gasteiger partial charge is 1.00 e. The van der Waals surface area contributed by atoms with Gasteiger partial charge in [-0.05, 0) is 96.1 Å². The Hall–Kier alpha value is -10.0. The first kappa shape index (κ1) is 81.6. The molecule has 3 aromatic carbocycles. The van der Waals surface area contributed by atoms with E-state index in [1.54, 1.807) is 70.9 Å². The smallest absolute Gasteiger partial charge is 0.417 e. The Morgan fingerprint density at radius 1 is 0.491 bits per heavy atom. The van der Waals surface area contributed by atoms with Crippen molar-refractivity contribution in [2.24, 2.45) is 0 Å². The molecule has 5 amide bonds. The number of nitrogens with zero attached hydrogens (tertiary/aromatic N) is 13. The van der Waals surface area contributed by atoms with Crippen molar-refractivity contribution in [2.75, 3.05) is 93.6 Å². The van der Waals surface area contributed by atoms with Gasteiger partial charge < -0.3 is 67.7 Å². The molecular formula is C73H80ClF6IN15O10-. The summed E-state index contributed by atoms with van der Waals surface area (Å²) >= 11 is 6.14. The van der Waals surface area contributed by atoms with Crippen LogP contribution in [0.4, 0.5) is 53.4 Å². The zero-order chi connectivity index (χ0) is 72.3. The fourth-order valence-corrected chi connectivity index (χ4v) is 12.0. The van der Waals surface area contributed by atoms with E-state index in [9.17, 15) is 50.3 Å². The molecule has 25 nitrogen and oxygen atoms in total. The van der Waals surface area contributed by atoms with Crippen LogP contribution in [0.15, 0.2) is 110 Å². The molecule has 0 radical (unpaired) electrons. The molecule has 15 rings (SSSR count). The SMILES string of the molecule is C.C.C.CC(C)(C)OC(=O)N1Cc2nc(-c3c(F)cccc3F)cc(-n3ccc(N4CCOCC4)n3)c2C1=O.CC(C)(C)OC(=O)N1Cc2nc(-c3c(F)cccc3F)cc(Cl)c2C1=O.O=C1NCc2nc(-c3c(F)cccc3F)cc(-n3ccc(N4CCOCC4)n3)c21.[I-].c1cc(N2CCOCC2)[nH]n1. The number of carbonyl (C=O) groups is 5. The number of aromatic amines is 1. The van der Waals surface area contributed by atoms with Crippen molar-refractivity contribution in [2.45, 2.75) is 94.7 Å². The van der Waals surface area contributed by atoms with Gasteiger partial charge in [0.2, 0.25) is 0 Å². The average molecular weight is 1600 g/mol. The van der Waals surface area contributed by atoms with Gasteiger partial charge in [-0.3, -0.25) is 19.5 Å². The quantitative estimate of drug-likeness (QED) is 0.106. The van der Waals surface area contributed by atoms with Gasteiger partial charge in [0.25, 0.3) is 17.7 Å². The summed E-state index contributed by atoms with van der Waals surface area (Å²) in [5.41, 5.74) is -0.456. The van der Waals surface area contributed by atoms with Crippen LogP contribution in [0.1, 0.15) is 112 Å². The first-order chi connectivity index (χ1) is 48.8. The molecule has 9 aromatic rings. The Morgan fingerprint density at radius 3 is 1.25 bits per heavy atom. The van der Waals surface area contributed by atoms with Crippen molar-refractivity contribution in [1.82, 2.24) is 59.8 Å². The number of halogens is 8. The number of imide groups is 2. The number of H-pyrrole nitrogens is 1. The maximum absolute atomic E-state index is 14.7. The van der Waals surface area contributed by atoms with Crippen molar-refractivity contribution < 1.29 is 98.0 Å². The average Bonchev–Trinajstić information content (AvgIpc) is 1.59. The molecule has 0 spiro atoms. The molecule has 6 aliphatic heterocycles. The number of aromatic nitrogens is 9. The summed E-state index contributed by atoms with van der Waals surface area (Å²) in [4.78, 5) is 84.2. The number of nitrogens with one attached hydrogen (secondary N) is 2. The summed E-state index contributed by atoms with van der Waals surface area (Å²) in [6.07, 6.45) is 3.49. The summed E-state index contributed by atoms with van der Waals surface area (Å²) in [6, 6.07) is 20.3. The summed E-state index contributed by atoms with van der Waals surface area (Å²) in [5.74, 6) is -3.69. The molecule has 3 saturated heterocycles. The van der Waals surface area contributed by atoms with Crippen LogP contribution in [-0.4, -0.2) is 175 Å². The van der Waals surface area contributed by atoms with E-state index in [4.69, 9.17) is 35.3 Å². The van der Waals surface area contributed by atoms with Crippen molar-refractivity contribution in [1.29, 1.82) is 0 Å². The fourth-order valence-electron chi connectivity index (χ4n) is 11.7. The molecule has 0 atom stereocenters. The maximum Gasteiger partial charge on any atom is 0.417 e. The second-order valence-electron chi connectivity index (χ2n) is 25.7. The molecule has 564 valence electrons. The van der Waals surface area contributed by atoms with E-state index < -0.39 is 70.1 Å². The van der Waals surface area contributed by atoms with Crippen molar-refractivity contribution >= 4 is 59.0 Å². The first-order valence-corrected chi connectivity index (χ1v) is 32.7. The summed E-state index contributed by atoms with van der Waals surface area (Å²) in [7, 11) is 0. The number of benzene rings is 3. The molecule has 3 fully saturated rings. The second kappa shape index (κ2) is 34.5. The third kappa shape index (κ3) is 18.1. The van der Waals surface area contributed by atoms with Gasteiger partial charge in [-0.1, -0.05) is 52.1 Å². The zero-order valence-electron chi connectivity index (χ0n) is 56.4. The molecule has 0 saturated carbocycles. The van der Waals surface area contributed by atoms with E-state index >= 15 is 0 Å². The number of hydrogen-bond acceptors (Lipinski definition) is 19. The molecular weight excluding hydrogens is 1520 g/mol. The van der Waals surface area contributed by atoms with Crippen LogP contribution in [-0.2, 0) is 43.3 Å². The van der Waals surface area contributed by atoms with E-state index in [2.05, 4.69) is 50.5 Å². The number of pyridine rings is 3. The number of amides is 5. The summed E-state index contributed by atoms with van der Waals surface area (Å²) in [5, 5.41) is 18.7. The van der Waals surface area contributed by atoms with Crippen LogP contribution >= 0.6 is 11.6 Å². The minimum absolute atomic E-state index is 0. The molecule has 0 unspecified atom stereocenters. The van der Waals surface area contributed by atoms with E-state index in [1.165, 1.54) is 53.2 Å². The van der Waals surface area contributed by atoms with Gasteiger partial charge >= 0.3 is 12.2 Å². The second-order valence-corrected chi connectivity index (χ2v) is 26.1. The van der Waals surface area contributed by atoms with Gasteiger partial charge in [-0.25, -0.2) is 70.0 Å². The minimum Gasteiger partial charge on any atom is -1.00 e. The van der Waals surface area contributed by atoms with Crippen LogP contribution in [0.2, 0.25) is 5.02 Å². The van der Waals surface area contributed by atoms with E-state index in [-0.39, 0.29) is 139 Å². The minimum atomic E-state index is -0.838. The van der Waals surface area contributed by atoms with Gasteiger partial charge in [-0.2, -0.15) is 15.3 Å². The molecule has 0 aliphatic carbocycles. The number of anilines is 3. The standard InChI is InChI=1S/C25H25F2N5O4.C20H17F2N5O2.C18H15ClF2N2O3.C7H11N3O.3CH4.HI/c1-25(2,3)36-24(34)31-14-18-22(23(31)33)19(13-17(28-18)21-15(26)5-4-6-16(21)27)32-8-7-20(29-32)30-9-11-35-12-10-30;21-12-2-1-3-13(22)18(12)14-10-16(19-15(24-14)11-23-20(19)28)27-5-4-17(25-27)26-6-8-29-9-7-26;1-18(2,3)26-17(25)23-8-13-14(16(23)24)9(19)7-12(22-13)15-10(20)5-4-6-11(15)21;1-2-8-9-7(1)10-3-5-11-6-4-10;;;;/h4-8,13H,9-12,14H2,1-3H3;1-5,10H,6-9,11H2,(H,23,28);4-7H,8H2,1-3H3;1-2H,3-6H2,(H,8,9);3*1H4;1H/p-1. The molecule has 0 bridgehead atoms. The van der Waals surface area contributed by atoms with E-state index in [1.807, 2.05) is 17.0 Å². The third-order valence-corrected chi connectivity index (χ3v) is 16.7. The molecule has 6 aliphatic rings. The number of carbonyl (C=O) groups excluding carboxylic acids is 5. The monoisotopic (exact) mass is 1600 g/mol. The topological polar surface area (TPSA) is 263 Å². The van der Waals surface area contributed by atoms with Crippen LogP contribution < -0.4 is 44.0 Å². The number of hydrogen-bond donors (Lipinski definition) is 2. The predicted octanol–water partition coefficient (Wildman–Crippen LogP) is 9.96. The summed E-state index contributed by atoms with van der Waals surface area (Å²) < 4.78 is 116. The van der Waals surface area contributed by atoms with Crippen LogP contribution in [0.25, 0.3) is 45.1 Å². The lowest BCUT2D eigenvalue weighted by Gasteiger charge is -2.26. The van der Waals surface area contributed by atoms with E-state index in [0.29, 0.717) is 62.3 Å². The normalized spacial score (nSPS) is 15.1. The lowest BCUT2D eigenvalue weighted by Crippen LogP contribution is -3.00. The van der Waals surface area contributed by atoms with Crippen molar-refractivity contribution in [3.05, 3.63) is 183 Å². The Bertz CT molecular complexity index is 4610. The molecule has 12 heterocycles. The molecule has 106 heavy (non-hydrogen) atoms.